The highest BCUT2D eigenvalue weighted by Crippen LogP contribution is 2.23. The largest absolute Gasteiger partial charge is 0.480 e. The number of unbranched alkanes of at least 4 members (excludes halogenated alkanes) is 3. The molecule has 0 saturated carbocycles. The fourth-order valence-corrected chi connectivity index (χ4v) is 2.71. The second-order valence-corrected chi connectivity index (χ2v) is 5.26. The number of likely N-dealkylation sites (tertiary alicyclic amines) is 1. The fraction of sp³-hybridized carbons (Fsp3) is 0.929. The van der Waals surface area contributed by atoms with E-state index >= 15 is 0 Å². The van der Waals surface area contributed by atoms with E-state index in [9.17, 15) is 9.90 Å². The van der Waals surface area contributed by atoms with E-state index in [1.54, 1.807) is 0 Å². The van der Waals surface area contributed by atoms with E-state index < -0.39 is 5.97 Å². The topological polar surface area (TPSA) is 40.5 Å². The van der Waals surface area contributed by atoms with Gasteiger partial charge in [0, 0.05) is 6.54 Å². The van der Waals surface area contributed by atoms with E-state index in [0.717, 1.165) is 25.9 Å². The maximum atomic E-state index is 11.3. The zero-order valence-corrected chi connectivity index (χ0v) is 11.3. The van der Waals surface area contributed by atoms with Gasteiger partial charge in [0.15, 0.2) is 0 Å². The van der Waals surface area contributed by atoms with Crippen molar-refractivity contribution in [2.45, 2.75) is 64.8 Å². The van der Waals surface area contributed by atoms with Crippen molar-refractivity contribution in [3.8, 4) is 0 Å². The molecule has 0 aromatic rings. The molecule has 0 amide bonds. The molecule has 17 heavy (non-hydrogen) atoms. The number of hydrogen-bond acceptors (Lipinski definition) is 2. The zero-order valence-electron chi connectivity index (χ0n) is 11.3. The van der Waals surface area contributed by atoms with Crippen molar-refractivity contribution in [2.75, 3.05) is 13.1 Å². The molecule has 1 rings (SSSR count). The third-order valence-electron chi connectivity index (χ3n) is 3.95. The Morgan fingerprint density at radius 3 is 2.65 bits per heavy atom. The molecule has 0 bridgehead atoms. The Labute approximate surface area is 105 Å². The van der Waals surface area contributed by atoms with Crippen LogP contribution >= 0.6 is 0 Å². The predicted molar refractivity (Wildman–Crippen MR) is 70.2 cm³/mol. The lowest BCUT2D eigenvalue weighted by molar-refractivity contribution is -0.143. The fourth-order valence-electron chi connectivity index (χ4n) is 2.71. The number of hydrogen-bond donors (Lipinski definition) is 1. The van der Waals surface area contributed by atoms with Crippen LogP contribution in [0, 0.1) is 5.92 Å². The Hall–Kier alpha value is -0.570. The molecule has 3 heteroatoms. The molecule has 1 aliphatic rings. The Morgan fingerprint density at radius 2 is 2.12 bits per heavy atom. The lowest BCUT2D eigenvalue weighted by atomic mass is 10.1. The quantitative estimate of drug-likeness (QED) is 0.664. The summed E-state index contributed by atoms with van der Waals surface area (Å²) >= 11 is 0. The van der Waals surface area contributed by atoms with Crippen LogP contribution in [0.5, 0.6) is 0 Å². The second-order valence-electron chi connectivity index (χ2n) is 5.26. The highest BCUT2D eigenvalue weighted by atomic mass is 16.4. The standard InChI is InChI=1S/C14H27NO2/c1-3-5-6-7-8-13(14(16)17)15-10-9-12(4-2)11-15/h12-13H,3-11H2,1-2H3,(H,16,17). The Bertz CT molecular complexity index is 230. The van der Waals surface area contributed by atoms with Crippen LogP contribution in [0.25, 0.3) is 0 Å². The highest BCUT2D eigenvalue weighted by Gasteiger charge is 2.30. The summed E-state index contributed by atoms with van der Waals surface area (Å²) < 4.78 is 0. The minimum Gasteiger partial charge on any atom is -0.480 e. The first-order valence-corrected chi connectivity index (χ1v) is 7.15. The lowest BCUT2D eigenvalue weighted by Crippen LogP contribution is -2.39. The van der Waals surface area contributed by atoms with E-state index in [4.69, 9.17) is 0 Å². The van der Waals surface area contributed by atoms with E-state index in [-0.39, 0.29) is 6.04 Å². The van der Waals surface area contributed by atoms with E-state index in [1.165, 1.54) is 32.1 Å². The molecule has 2 atom stereocenters. The first-order valence-electron chi connectivity index (χ1n) is 7.15. The summed E-state index contributed by atoms with van der Waals surface area (Å²) in [5.41, 5.74) is 0. The summed E-state index contributed by atoms with van der Waals surface area (Å²) in [7, 11) is 0. The molecule has 1 N–H and O–H groups in total. The van der Waals surface area contributed by atoms with Crippen LogP contribution in [0.15, 0.2) is 0 Å². The molecule has 1 fully saturated rings. The minimum atomic E-state index is -0.627. The van der Waals surface area contributed by atoms with Gasteiger partial charge in [0.2, 0.25) is 0 Å². The van der Waals surface area contributed by atoms with Crippen molar-refractivity contribution >= 4 is 5.97 Å². The van der Waals surface area contributed by atoms with Crippen molar-refractivity contribution in [3.05, 3.63) is 0 Å². The smallest absolute Gasteiger partial charge is 0.320 e. The lowest BCUT2D eigenvalue weighted by Gasteiger charge is -2.24. The average molecular weight is 241 g/mol. The monoisotopic (exact) mass is 241 g/mol. The number of aliphatic carboxylic acids is 1. The van der Waals surface area contributed by atoms with Crippen LogP contribution in [0.3, 0.4) is 0 Å². The number of rotatable bonds is 8. The molecule has 1 aliphatic heterocycles. The van der Waals surface area contributed by atoms with Crippen LogP contribution in [0.4, 0.5) is 0 Å². The molecule has 2 unspecified atom stereocenters. The average Bonchev–Trinajstić information content (AvgIpc) is 2.77. The van der Waals surface area contributed by atoms with Crippen LogP contribution in [-0.2, 0) is 4.79 Å². The number of nitrogens with zero attached hydrogens (tertiary/aromatic N) is 1. The van der Waals surface area contributed by atoms with E-state index in [1.807, 2.05) is 0 Å². The van der Waals surface area contributed by atoms with Crippen molar-refractivity contribution < 1.29 is 9.90 Å². The van der Waals surface area contributed by atoms with Crippen molar-refractivity contribution in [1.29, 1.82) is 0 Å². The maximum Gasteiger partial charge on any atom is 0.320 e. The first kappa shape index (κ1) is 14.5. The zero-order chi connectivity index (χ0) is 12.7. The summed E-state index contributed by atoms with van der Waals surface area (Å²) in [5.74, 6) is 0.0887. The second kappa shape index (κ2) is 7.70. The molecule has 0 aromatic heterocycles. The molecule has 0 aliphatic carbocycles. The van der Waals surface area contributed by atoms with Gasteiger partial charge in [0.05, 0.1) is 0 Å². The summed E-state index contributed by atoms with van der Waals surface area (Å²) in [4.78, 5) is 13.5. The van der Waals surface area contributed by atoms with Crippen LogP contribution in [0.2, 0.25) is 0 Å². The van der Waals surface area contributed by atoms with Gasteiger partial charge in [-0.1, -0.05) is 46.0 Å². The number of carboxylic acids is 1. The van der Waals surface area contributed by atoms with E-state index in [0.29, 0.717) is 5.92 Å². The minimum absolute atomic E-state index is 0.233. The maximum absolute atomic E-state index is 11.3. The van der Waals surface area contributed by atoms with Gasteiger partial charge >= 0.3 is 5.97 Å². The van der Waals surface area contributed by atoms with Gasteiger partial charge in [-0.15, -0.1) is 0 Å². The Kier molecular flexibility index (Phi) is 6.56. The molecule has 0 radical (unpaired) electrons. The van der Waals surface area contributed by atoms with Gasteiger partial charge in [0.1, 0.15) is 6.04 Å². The van der Waals surface area contributed by atoms with Crippen molar-refractivity contribution in [1.82, 2.24) is 4.90 Å². The molecule has 3 nitrogen and oxygen atoms in total. The van der Waals surface area contributed by atoms with Crippen LogP contribution in [0.1, 0.15) is 58.8 Å². The summed E-state index contributed by atoms with van der Waals surface area (Å²) in [5, 5.41) is 9.31. The molecule has 1 saturated heterocycles. The third-order valence-corrected chi connectivity index (χ3v) is 3.95. The van der Waals surface area contributed by atoms with Crippen LogP contribution in [-0.4, -0.2) is 35.1 Å². The third kappa shape index (κ3) is 4.66. The van der Waals surface area contributed by atoms with E-state index in [2.05, 4.69) is 18.7 Å². The molecular weight excluding hydrogens is 214 g/mol. The van der Waals surface area contributed by atoms with Gasteiger partial charge in [-0.3, -0.25) is 9.69 Å². The number of carboxylic acid groups (broad SMARTS) is 1. The van der Waals surface area contributed by atoms with Gasteiger partial charge in [-0.25, -0.2) is 0 Å². The first-order chi connectivity index (χ1) is 8.19. The molecular formula is C14H27NO2. The molecule has 100 valence electrons. The predicted octanol–water partition coefficient (Wildman–Crippen LogP) is 3.14. The van der Waals surface area contributed by atoms with Gasteiger partial charge in [-0.2, -0.15) is 0 Å². The summed E-state index contributed by atoms with van der Waals surface area (Å²) in [6, 6.07) is -0.233. The normalized spacial score (nSPS) is 22.8. The molecule has 0 spiro atoms. The van der Waals surface area contributed by atoms with Gasteiger partial charge in [-0.05, 0) is 25.3 Å². The van der Waals surface area contributed by atoms with Crippen molar-refractivity contribution in [3.63, 3.8) is 0 Å². The Balaban J connectivity index is 2.35. The molecule has 0 aromatic carbocycles. The molecule has 1 heterocycles. The van der Waals surface area contributed by atoms with Gasteiger partial charge in [0.25, 0.3) is 0 Å². The highest BCUT2D eigenvalue weighted by molar-refractivity contribution is 5.73. The van der Waals surface area contributed by atoms with Crippen LogP contribution < -0.4 is 0 Å². The number of carbonyl (C=O) groups is 1. The SMILES string of the molecule is CCCCCCC(C(=O)O)N1CCC(CC)C1. The van der Waals surface area contributed by atoms with Gasteiger partial charge < -0.3 is 5.11 Å². The summed E-state index contributed by atoms with van der Waals surface area (Å²) in [6.07, 6.45) is 7.84. The Morgan fingerprint density at radius 1 is 1.35 bits per heavy atom. The van der Waals surface area contributed by atoms with Crippen molar-refractivity contribution in [2.24, 2.45) is 5.92 Å². The summed E-state index contributed by atoms with van der Waals surface area (Å²) in [6.45, 7) is 6.34.